The first-order valence-electron chi connectivity index (χ1n) is 6.43. The lowest BCUT2D eigenvalue weighted by Gasteiger charge is -2.27. The van der Waals surface area contributed by atoms with Crippen molar-refractivity contribution in [1.82, 2.24) is 0 Å². The fraction of sp³-hybridized carbons (Fsp3) is 0.286. The number of hydrogen-bond donors (Lipinski definition) is 1. The van der Waals surface area contributed by atoms with E-state index in [4.69, 9.17) is 15.2 Å². The molecule has 3 rings (SSSR count). The van der Waals surface area contributed by atoms with Crippen molar-refractivity contribution in [2.75, 3.05) is 12.3 Å². The van der Waals surface area contributed by atoms with E-state index < -0.39 is 10.7 Å². The molecule has 2 atom stereocenters. The maximum atomic E-state index is 11.1. The molecule has 0 spiro atoms. The van der Waals surface area contributed by atoms with Crippen molar-refractivity contribution < 1.29 is 14.4 Å². The number of hydrogen-bond acceptors (Lipinski definition) is 6. The Morgan fingerprint density at radius 3 is 2.86 bits per heavy atom. The van der Waals surface area contributed by atoms with Gasteiger partial charge in [0.1, 0.15) is 5.69 Å². The van der Waals surface area contributed by atoms with E-state index in [9.17, 15) is 10.1 Å². The van der Waals surface area contributed by atoms with Gasteiger partial charge in [0.2, 0.25) is 5.79 Å². The van der Waals surface area contributed by atoms with Crippen LogP contribution in [0.2, 0.25) is 0 Å². The average Bonchev–Trinajstić information content (AvgIpc) is 3.09. The van der Waals surface area contributed by atoms with Gasteiger partial charge < -0.3 is 15.2 Å². The quantitative estimate of drug-likeness (QED) is 0.535. The molecule has 0 saturated carbocycles. The first kappa shape index (κ1) is 14.0. The van der Waals surface area contributed by atoms with Crippen molar-refractivity contribution in [1.29, 1.82) is 0 Å². The van der Waals surface area contributed by atoms with Gasteiger partial charge in [0.05, 0.1) is 22.5 Å². The zero-order chi connectivity index (χ0) is 15.0. The molecule has 6 nitrogen and oxygen atoms in total. The second-order valence-electron chi connectivity index (χ2n) is 4.86. The standard InChI is InChI=1S/C14H14N2O4S/c1-9-8-19-14(20-9,13-3-2-6-21-13)10-4-5-11(15)12(7-10)16(17)18/h2-7,9H,8,15H2,1H3. The van der Waals surface area contributed by atoms with Crippen LogP contribution in [0.5, 0.6) is 0 Å². The van der Waals surface area contributed by atoms with Gasteiger partial charge in [-0.25, -0.2) is 0 Å². The van der Waals surface area contributed by atoms with E-state index >= 15 is 0 Å². The van der Waals surface area contributed by atoms with Gasteiger partial charge in [0.25, 0.3) is 5.69 Å². The molecule has 0 amide bonds. The second kappa shape index (κ2) is 5.10. The molecule has 1 fully saturated rings. The molecule has 110 valence electrons. The number of nitrogens with zero attached hydrogens (tertiary/aromatic N) is 1. The lowest BCUT2D eigenvalue weighted by molar-refractivity contribution is -0.384. The van der Waals surface area contributed by atoms with E-state index in [0.29, 0.717) is 12.2 Å². The SMILES string of the molecule is CC1COC(c2ccc(N)c([N+](=O)[O-])c2)(c2cccs2)O1. The topological polar surface area (TPSA) is 87.6 Å². The van der Waals surface area contributed by atoms with Crippen molar-refractivity contribution in [3.8, 4) is 0 Å². The molecule has 1 aromatic carbocycles. The van der Waals surface area contributed by atoms with Crippen LogP contribution >= 0.6 is 11.3 Å². The Labute approximate surface area is 125 Å². The van der Waals surface area contributed by atoms with Gasteiger partial charge in [-0.2, -0.15) is 0 Å². The molecule has 0 bridgehead atoms. The van der Waals surface area contributed by atoms with E-state index in [2.05, 4.69) is 0 Å². The summed E-state index contributed by atoms with van der Waals surface area (Å²) in [4.78, 5) is 11.4. The Morgan fingerprint density at radius 2 is 2.29 bits per heavy atom. The van der Waals surface area contributed by atoms with E-state index in [0.717, 1.165) is 4.88 Å². The van der Waals surface area contributed by atoms with Crippen LogP contribution in [0, 0.1) is 10.1 Å². The minimum atomic E-state index is -1.09. The van der Waals surface area contributed by atoms with Crippen LogP contribution < -0.4 is 5.73 Å². The van der Waals surface area contributed by atoms with Crippen LogP contribution in [0.4, 0.5) is 11.4 Å². The van der Waals surface area contributed by atoms with Crippen LogP contribution in [0.25, 0.3) is 0 Å². The number of benzene rings is 1. The van der Waals surface area contributed by atoms with Gasteiger partial charge in [-0.1, -0.05) is 12.1 Å². The molecule has 1 aliphatic rings. The molecule has 7 heteroatoms. The second-order valence-corrected chi connectivity index (χ2v) is 5.81. The summed E-state index contributed by atoms with van der Waals surface area (Å²) in [5.74, 6) is -1.09. The molecule has 2 heterocycles. The van der Waals surface area contributed by atoms with Crippen molar-refractivity contribution in [3.05, 3.63) is 56.3 Å². The van der Waals surface area contributed by atoms with Crippen LogP contribution in [0.1, 0.15) is 17.4 Å². The third kappa shape index (κ3) is 2.29. The number of ether oxygens (including phenoxy) is 2. The normalized spacial score (nSPS) is 25.1. The van der Waals surface area contributed by atoms with E-state index in [1.165, 1.54) is 23.5 Å². The molecule has 1 saturated heterocycles. The molecule has 2 aromatic rings. The van der Waals surface area contributed by atoms with Gasteiger partial charge in [-0.3, -0.25) is 10.1 Å². The first-order valence-corrected chi connectivity index (χ1v) is 7.31. The smallest absolute Gasteiger partial charge is 0.292 e. The van der Waals surface area contributed by atoms with E-state index in [1.807, 2.05) is 24.4 Å². The van der Waals surface area contributed by atoms with Crippen molar-refractivity contribution in [2.45, 2.75) is 18.8 Å². The Balaban J connectivity index is 2.14. The van der Waals surface area contributed by atoms with E-state index in [1.54, 1.807) is 6.07 Å². The summed E-state index contributed by atoms with van der Waals surface area (Å²) in [6.45, 7) is 2.33. The number of nitrogen functional groups attached to an aromatic ring is 1. The van der Waals surface area contributed by atoms with Crippen molar-refractivity contribution >= 4 is 22.7 Å². The minimum Gasteiger partial charge on any atom is -0.393 e. The maximum absolute atomic E-state index is 11.1. The Bertz CT molecular complexity index is 674. The summed E-state index contributed by atoms with van der Waals surface area (Å²) in [5.41, 5.74) is 6.21. The van der Waals surface area contributed by atoms with Crippen LogP contribution in [0.15, 0.2) is 35.7 Å². The number of anilines is 1. The Kier molecular flexibility index (Phi) is 3.40. The monoisotopic (exact) mass is 306 g/mol. The van der Waals surface area contributed by atoms with E-state index in [-0.39, 0.29) is 17.5 Å². The lowest BCUT2D eigenvalue weighted by Crippen LogP contribution is -2.28. The highest BCUT2D eigenvalue weighted by atomic mass is 32.1. The summed E-state index contributed by atoms with van der Waals surface area (Å²) < 4.78 is 11.9. The van der Waals surface area contributed by atoms with Gasteiger partial charge >= 0.3 is 0 Å². The zero-order valence-corrected chi connectivity index (χ0v) is 12.1. The molecule has 1 aromatic heterocycles. The summed E-state index contributed by atoms with van der Waals surface area (Å²) in [5, 5.41) is 13.0. The Morgan fingerprint density at radius 1 is 1.48 bits per heavy atom. The van der Waals surface area contributed by atoms with Crippen molar-refractivity contribution in [3.63, 3.8) is 0 Å². The average molecular weight is 306 g/mol. The molecule has 2 unspecified atom stereocenters. The Hall–Kier alpha value is -1.96. The summed E-state index contributed by atoms with van der Waals surface area (Å²) in [6, 6.07) is 8.43. The number of rotatable bonds is 3. The summed E-state index contributed by atoms with van der Waals surface area (Å²) in [7, 11) is 0. The highest BCUT2D eigenvalue weighted by molar-refractivity contribution is 7.10. The van der Waals surface area contributed by atoms with Gasteiger partial charge in [0.15, 0.2) is 0 Å². The molecular weight excluding hydrogens is 292 g/mol. The number of nitro groups is 1. The van der Waals surface area contributed by atoms with Crippen LogP contribution in [0.3, 0.4) is 0 Å². The summed E-state index contributed by atoms with van der Waals surface area (Å²) >= 11 is 1.48. The molecule has 2 N–H and O–H groups in total. The first-order chi connectivity index (χ1) is 10.0. The molecule has 21 heavy (non-hydrogen) atoms. The lowest BCUT2D eigenvalue weighted by atomic mass is 10.0. The predicted molar refractivity (Wildman–Crippen MR) is 79.1 cm³/mol. The van der Waals surface area contributed by atoms with Gasteiger partial charge in [-0.05, 0) is 24.4 Å². The highest BCUT2D eigenvalue weighted by Crippen LogP contribution is 2.44. The van der Waals surface area contributed by atoms with Gasteiger partial charge in [0, 0.05) is 11.6 Å². The van der Waals surface area contributed by atoms with Crippen molar-refractivity contribution in [2.24, 2.45) is 0 Å². The fourth-order valence-electron chi connectivity index (χ4n) is 2.38. The van der Waals surface area contributed by atoms with Crippen LogP contribution in [-0.4, -0.2) is 17.6 Å². The number of thiophene rings is 1. The minimum absolute atomic E-state index is 0.0938. The van der Waals surface area contributed by atoms with Crippen LogP contribution in [-0.2, 0) is 15.3 Å². The summed E-state index contributed by atoms with van der Waals surface area (Å²) in [6.07, 6.45) is -0.0938. The third-order valence-corrected chi connectivity index (χ3v) is 4.29. The third-order valence-electron chi connectivity index (χ3n) is 3.34. The predicted octanol–water partition coefficient (Wildman–Crippen LogP) is 2.87. The number of nitrogens with two attached hydrogens (primary N) is 1. The fourth-order valence-corrected chi connectivity index (χ4v) is 3.22. The zero-order valence-electron chi connectivity index (χ0n) is 11.3. The molecular formula is C14H14N2O4S. The largest absolute Gasteiger partial charge is 0.393 e. The maximum Gasteiger partial charge on any atom is 0.292 e. The highest BCUT2D eigenvalue weighted by Gasteiger charge is 2.45. The number of nitro benzene ring substituents is 1. The van der Waals surface area contributed by atoms with Gasteiger partial charge in [-0.15, -0.1) is 11.3 Å². The molecule has 0 radical (unpaired) electrons. The molecule has 0 aliphatic carbocycles. The molecule has 1 aliphatic heterocycles.